The maximum Gasteiger partial charge on any atom is 0.410 e. The van der Waals surface area contributed by atoms with Crippen LogP contribution in [0.5, 0.6) is 0 Å². The average Bonchev–Trinajstić information content (AvgIpc) is 2.96. The highest BCUT2D eigenvalue weighted by atomic mass is 32.2. The summed E-state index contributed by atoms with van der Waals surface area (Å²) in [5.74, 6) is 0. The van der Waals surface area contributed by atoms with Crippen LogP contribution in [0.1, 0.15) is 40.0 Å². The van der Waals surface area contributed by atoms with Crippen LogP contribution in [0.15, 0.2) is 35.2 Å². The molecule has 1 aromatic carbocycles. The molecule has 0 aliphatic carbocycles. The first-order valence-corrected chi connectivity index (χ1v) is 10.8. The van der Waals surface area contributed by atoms with Crippen LogP contribution in [-0.2, 0) is 19.5 Å². The molecular weight excluding hydrogens is 368 g/mol. The van der Waals surface area contributed by atoms with E-state index in [9.17, 15) is 13.2 Å². The summed E-state index contributed by atoms with van der Waals surface area (Å²) in [7, 11) is -3.56. The summed E-state index contributed by atoms with van der Waals surface area (Å²) >= 11 is 0. The van der Waals surface area contributed by atoms with Gasteiger partial charge in [-0.2, -0.15) is 0 Å². The third kappa shape index (κ3) is 5.00. The van der Waals surface area contributed by atoms with Gasteiger partial charge in [-0.1, -0.05) is 18.2 Å². The quantitative estimate of drug-likeness (QED) is 0.849. The topological polar surface area (TPSA) is 84.9 Å². The van der Waals surface area contributed by atoms with E-state index < -0.39 is 15.6 Å². The number of hydrogen-bond acceptors (Lipinski definition) is 5. The van der Waals surface area contributed by atoms with Crippen molar-refractivity contribution >= 4 is 16.1 Å². The first-order chi connectivity index (χ1) is 12.6. The van der Waals surface area contributed by atoms with E-state index in [4.69, 9.17) is 9.47 Å². The molecule has 0 aromatic heterocycles. The van der Waals surface area contributed by atoms with E-state index in [1.807, 2.05) is 20.8 Å². The summed E-state index contributed by atoms with van der Waals surface area (Å²) in [4.78, 5) is 14.1. The molecule has 8 heteroatoms. The minimum Gasteiger partial charge on any atom is -0.444 e. The van der Waals surface area contributed by atoms with E-state index in [0.29, 0.717) is 39.0 Å². The zero-order chi connectivity index (χ0) is 19.7. The van der Waals surface area contributed by atoms with Gasteiger partial charge in [0.15, 0.2) is 0 Å². The Morgan fingerprint density at radius 1 is 1.22 bits per heavy atom. The second kappa shape index (κ2) is 7.41. The van der Waals surface area contributed by atoms with E-state index in [0.717, 1.165) is 0 Å². The molecule has 2 heterocycles. The smallest absolute Gasteiger partial charge is 0.410 e. The lowest BCUT2D eigenvalue weighted by Crippen LogP contribution is -2.48. The van der Waals surface area contributed by atoms with Crippen LogP contribution in [0.2, 0.25) is 0 Å². The van der Waals surface area contributed by atoms with Gasteiger partial charge in [-0.05, 0) is 52.2 Å². The van der Waals surface area contributed by atoms with Gasteiger partial charge in [0.05, 0.1) is 17.1 Å². The van der Waals surface area contributed by atoms with Gasteiger partial charge < -0.3 is 14.4 Å². The Kier molecular flexibility index (Phi) is 5.52. The number of nitrogens with one attached hydrogen (secondary N) is 1. The van der Waals surface area contributed by atoms with Crippen LogP contribution < -0.4 is 4.72 Å². The Morgan fingerprint density at radius 3 is 2.44 bits per heavy atom. The molecular formula is C19H28N2O5S. The molecule has 1 atom stereocenters. The lowest BCUT2D eigenvalue weighted by molar-refractivity contribution is -0.0485. The zero-order valence-corrected chi connectivity index (χ0v) is 16.9. The summed E-state index contributed by atoms with van der Waals surface area (Å²) in [6.07, 6.45) is 1.66. The number of likely N-dealkylation sites (tertiary alicyclic amines) is 1. The molecule has 150 valence electrons. The van der Waals surface area contributed by atoms with E-state index in [1.165, 1.54) is 0 Å². The fourth-order valence-electron chi connectivity index (χ4n) is 3.58. The molecule has 2 aliphatic rings. The second-order valence-corrected chi connectivity index (χ2v) is 10.0. The van der Waals surface area contributed by atoms with Crippen molar-refractivity contribution in [2.45, 2.75) is 62.2 Å². The van der Waals surface area contributed by atoms with E-state index in [2.05, 4.69) is 4.72 Å². The second-order valence-electron chi connectivity index (χ2n) is 8.30. The number of rotatable bonds is 3. The van der Waals surface area contributed by atoms with E-state index in [1.54, 1.807) is 35.2 Å². The molecule has 0 saturated carbocycles. The molecule has 2 saturated heterocycles. The summed E-state index contributed by atoms with van der Waals surface area (Å²) in [6.45, 7) is 6.98. The zero-order valence-electron chi connectivity index (χ0n) is 16.1. The largest absolute Gasteiger partial charge is 0.444 e. The van der Waals surface area contributed by atoms with Gasteiger partial charge in [0, 0.05) is 19.1 Å². The number of piperidine rings is 1. The van der Waals surface area contributed by atoms with Crippen molar-refractivity contribution in [3.8, 4) is 0 Å². The lowest BCUT2D eigenvalue weighted by Gasteiger charge is -2.39. The first-order valence-electron chi connectivity index (χ1n) is 9.28. The molecule has 1 aromatic rings. The predicted octanol–water partition coefficient (Wildman–Crippen LogP) is 2.52. The number of ether oxygens (including phenoxy) is 2. The molecule has 1 spiro atoms. The van der Waals surface area contributed by atoms with Crippen molar-refractivity contribution in [2.75, 3.05) is 19.7 Å². The predicted molar refractivity (Wildman–Crippen MR) is 101 cm³/mol. The van der Waals surface area contributed by atoms with Crippen molar-refractivity contribution in [1.82, 2.24) is 9.62 Å². The fourth-order valence-corrected chi connectivity index (χ4v) is 4.82. The van der Waals surface area contributed by atoms with E-state index >= 15 is 0 Å². The number of carbonyl (C=O) groups is 1. The van der Waals surface area contributed by atoms with Crippen LogP contribution in [0.4, 0.5) is 4.79 Å². The highest BCUT2D eigenvalue weighted by Gasteiger charge is 2.44. The van der Waals surface area contributed by atoms with E-state index in [-0.39, 0.29) is 22.6 Å². The number of amides is 1. The van der Waals surface area contributed by atoms with Crippen molar-refractivity contribution in [1.29, 1.82) is 0 Å². The molecule has 2 aliphatic heterocycles. The molecule has 0 radical (unpaired) electrons. The van der Waals surface area contributed by atoms with Gasteiger partial charge in [0.1, 0.15) is 5.60 Å². The maximum absolute atomic E-state index is 12.5. The number of nitrogens with zero attached hydrogens (tertiary/aromatic N) is 1. The number of benzene rings is 1. The van der Waals surface area contributed by atoms with Gasteiger partial charge in [-0.15, -0.1) is 0 Å². The summed E-state index contributed by atoms with van der Waals surface area (Å²) in [5, 5.41) is 0. The Hall–Kier alpha value is -1.64. The minimum absolute atomic E-state index is 0.255. The van der Waals surface area contributed by atoms with Gasteiger partial charge in [-0.3, -0.25) is 0 Å². The Labute approximate surface area is 161 Å². The SMILES string of the molecule is CC(C)(C)OC(=O)N1CCC2(CC1)CC(NS(=O)(=O)c1ccccc1)CO2. The monoisotopic (exact) mass is 396 g/mol. The van der Waals surface area contributed by atoms with Crippen LogP contribution in [-0.4, -0.2) is 56.4 Å². The summed E-state index contributed by atoms with van der Waals surface area (Å²) in [6, 6.07) is 8.08. The highest BCUT2D eigenvalue weighted by molar-refractivity contribution is 7.89. The molecule has 27 heavy (non-hydrogen) atoms. The minimum atomic E-state index is -3.56. The normalized spacial score (nSPS) is 22.8. The molecule has 1 unspecified atom stereocenters. The fraction of sp³-hybridized carbons (Fsp3) is 0.632. The maximum atomic E-state index is 12.5. The number of carbonyl (C=O) groups excluding carboxylic acids is 1. The third-order valence-electron chi connectivity index (χ3n) is 4.91. The molecule has 2 fully saturated rings. The van der Waals surface area contributed by atoms with Crippen LogP contribution >= 0.6 is 0 Å². The van der Waals surface area contributed by atoms with Crippen LogP contribution in [0.25, 0.3) is 0 Å². The molecule has 7 nitrogen and oxygen atoms in total. The summed E-state index contributed by atoms with van der Waals surface area (Å²) < 4.78 is 39.2. The molecule has 1 N–H and O–H groups in total. The standard InChI is InChI=1S/C19H28N2O5S/c1-18(2,3)26-17(22)21-11-9-19(10-12-21)13-15(14-25-19)20-27(23,24)16-7-5-4-6-8-16/h4-8,15,20H,9-14H2,1-3H3. The third-order valence-corrected chi connectivity index (χ3v) is 6.45. The molecule has 1 amide bonds. The molecule has 0 bridgehead atoms. The lowest BCUT2D eigenvalue weighted by atomic mass is 9.88. The molecule has 3 rings (SSSR count). The first kappa shape index (κ1) is 20.1. The van der Waals surface area contributed by atoms with Crippen molar-refractivity contribution in [3.05, 3.63) is 30.3 Å². The number of sulfonamides is 1. The van der Waals surface area contributed by atoms with Crippen LogP contribution in [0.3, 0.4) is 0 Å². The summed E-state index contributed by atoms with van der Waals surface area (Å²) in [5.41, 5.74) is -0.890. The van der Waals surface area contributed by atoms with Crippen LogP contribution in [0, 0.1) is 0 Å². The van der Waals surface area contributed by atoms with Gasteiger partial charge in [-0.25, -0.2) is 17.9 Å². The van der Waals surface area contributed by atoms with Gasteiger partial charge >= 0.3 is 6.09 Å². The highest BCUT2D eigenvalue weighted by Crippen LogP contribution is 2.36. The Morgan fingerprint density at radius 2 is 1.85 bits per heavy atom. The van der Waals surface area contributed by atoms with Gasteiger partial charge in [0.2, 0.25) is 10.0 Å². The average molecular weight is 397 g/mol. The number of hydrogen-bond donors (Lipinski definition) is 1. The Balaban J connectivity index is 1.55. The Bertz CT molecular complexity index is 765. The van der Waals surface area contributed by atoms with Crippen molar-refractivity contribution in [3.63, 3.8) is 0 Å². The van der Waals surface area contributed by atoms with Crippen molar-refractivity contribution < 1.29 is 22.7 Å². The van der Waals surface area contributed by atoms with Crippen molar-refractivity contribution in [2.24, 2.45) is 0 Å². The van der Waals surface area contributed by atoms with Gasteiger partial charge in [0.25, 0.3) is 0 Å².